The van der Waals surface area contributed by atoms with Gasteiger partial charge >= 0.3 is 0 Å². The molecule has 356 valence electrons. The third kappa shape index (κ3) is 7.76. The minimum absolute atomic E-state index is 0.0121. The number of hydrogen-bond acceptors (Lipinski definition) is 2. The van der Waals surface area contributed by atoms with Crippen molar-refractivity contribution in [3.05, 3.63) is 235 Å². The van der Waals surface area contributed by atoms with E-state index in [0.717, 1.165) is 53.3 Å². The summed E-state index contributed by atoms with van der Waals surface area (Å²) in [6.45, 7) is 9.61. The first-order valence-electron chi connectivity index (χ1n) is 26.7. The van der Waals surface area contributed by atoms with Gasteiger partial charge in [-0.15, -0.1) is 0 Å². The second-order valence-corrected chi connectivity index (χ2v) is 20.8. The Kier molecular flexibility index (Phi) is 11.4. The lowest BCUT2D eigenvalue weighted by Gasteiger charge is -2.33. The average Bonchev–Trinajstić information content (AvgIpc) is 3.91. The quantitative estimate of drug-likeness (QED) is 0.119. The maximum absolute atomic E-state index is 7.06. The Bertz CT molecular complexity index is 3970. The molecule has 0 bridgehead atoms. The molecule has 2 heterocycles. The second-order valence-electron chi connectivity index (χ2n) is 20.8. The molecule has 3 nitrogen and oxygen atoms in total. The number of fused-ring (bicyclic) bond motifs is 11. The molecule has 5 unspecified atom stereocenters. The van der Waals surface area contributed by atoms with Gasteiger partial charge in [-0.25, -0.2) is 0 Å². The number of rotatable bonds is 11. The molecule has 1 aliphatic rings. The van der Waals surface area contributed by atoms with Crippen LogP contribution in [0.25, 0.3) is 93.2 Å². The van der Waals surface area contributed by atoms with Crippen LogP contribution in [0, 0.1) is 11.8 Å². The largest absolute Gasteiger partial charge is 0.454 e. The van der Waals surface area contributed by atoms with E-state index >= 15 is 0 Å². The smallest absolute Gasteiger partial charge is 0.159 e. The summed E-state index contributed by atoms with van der Waals surface area (Å²) in [5.41, 5.74) is 17.1. The molecule has 12 aromatic rings. The van der Waals surface area contributed by atoms with Gasteiger partial charge in [0, 0.05) is 39.1 Å². The molecule has 0 N–H and O–H groups in total. The van der Waals surface area contributed by atoms with Crippen LogP contribution in [0.5, 0.6) is 0 Å². The lowest BCUT2D eigenvalue weighted by molar-refractivity contribution is 0.448. The Morgan fingerprint density at radius 1 is 0.534 bits per heavy atom. The maximum atomic E-state index is 7.06. The minimum atomic E-state index is -0.0121. The molecule has 2 aromatic heterocycles. The van der Waals surface area contributed by atoms with Crippen LogP contribution in [0.2, 0.25) is 0 Å². The highest BCUT2D eigenvalue weighted by molar-refractivity contribution is 6.18. The summed E-state index contributed by atoms with van der Waals surface area (Å²) in [6, 6.07) is 79.0. The Balaban J connectivity index is 1.04. The number of benzene rings is 10. The van der Waals surface area contributed by atoms with Crippen LogP contribution in [0.3, 0.4) is 0 Å². The van der Waals surface area contributed by atoms with E-state index in [1.807, 2.05) is 0 Å². The summed E-state index contributed by atoms with van der Waals surface area (Å²) in [6.07, 6.45) is 3.96. The molecule has 0 amide bonds. The van der Waals surface area contributed by atoms with Crippen LogP contribution in [0.1, 0.15) is 87.1 Å². The molecule has 0 saturated heterocycles. The third-order valence-corrected chi connectivity index (χ3v) is 16.7. The van der Waals surface area contributed by atoms with E-state index in [9.17, 15) is 0 Å². The Labute approximate surface area is 428 Å². The van der Waals surface area contributed by atoms with Crippen molar-refractivity contribution in [3.63, 3.8) is 0 Å². The van der Waals surface area contributed by atoms with Gasteiger partial charge in [0.15, 0.2) is 5.58 Å². The average molecular weight is 945 g/mol. The number of aryl methyl sites for hydroxylation is 1. The van der Waals surface area contributed by atoms with Gasteiger partial charge in [0.2, 0.25) is 0 Å². The molecule has 3 heteroatoms. The molecular formula is C70H60N2O. The molecule has 1 aliphatic carbocycles. The van der Waals surface area contributed by atoms with Crippen molar-refractivity contribution in [2.24, 2.45) is 16.8 Å². The van der Waals surface area contributed by atoms with E-state index < -0.39 is 0 Å². The molecule has 10 aromatic carbocycles. The number of hydrogen-bond donors (Lipinski definition) is 0. The van der Waals surface area contributed by atoms with Gasteiger partial charge in [0.25, 0.3) is 0 Å². The van der Waals surface area contributed by atoms with Gasteiger partial charge in [-0.05, 0) is 140 Å². The van der Waals surface area contributed by atoms with E-state index in [1.165, 1.54) is 93.6 Å². The van der Waals surface area contributed by atoms with Gasteiger partial charge in [0.1, 0.15) is 5.58 Å². The molecule has 0 aliphatic heterocycles. The van der Waals surface area contributed by atoms with Crippen molar-refractivity contribution in [1.82, 2.24) is 4.57 Å². The topological polar surface area (TPSA) is 30.4 Å². The monoisotopic (exact) mass is 944 g/mol. The minimum Gasteiger partial charge on any atom is -0.454 e. The number of furan rings is 1. The predicted octanol–water partition coefficient (Wildman–Crippen LogP) is 19.4. The highest BCUT2D eigenvalue weighted by atomic mass is 16.3. The summed E-state index contributed by atoms with van der Waals surface area (Å²) in [7, 11) is 0. The van der Waals surface area contributed by atoms with Crippen LogP contribution < -0.4 is 0 Å². The fraction of sp³-hybridized carbons (Fsp3) is 0.186. The fourth-order valence-electron chi connectivity index (χ4n) is 12.6. The lowest BCUT2D eigenvalue weighted by Crippen LogP contribution is -2.28. The molecule has 0 spiro atoms. The van der Waals surface area contributed by atoms with E-state index in [4.69, 9.17) is 9.41 Å². The van der Waals surface area contributed by atoms with Crippen LogP contribution >= 0.6 is 0 Å². The second kappa shape index (κ2) is 18.6. The van der Waals surface area contributed by atoms with Crippen LogP contribution in [0.15, 0.2) is 222 Å². The first-order valence-corrected chi connectivity index (χ1v) is 26.7. The molecule has 73 heavy (non-hydrogen) atoms. The van der Waals surface area contributed by atoms with Gasteiger partial charge in [-0.2, -0.15) is 0 Å². The van der Waals surface area contributed by atoms with Crippen molar-refractivity contribution in [1.29, 1.82) is 0 Å². The van der Waals surface area contributed by atoms with Crippen molar-refractivity contribution in [2.45, 2.75) is 71.3 Å². The first-order chi connectivity index (χ1) is 35.9. The van der Waals surface area contributed by atoms with Gasteiger partial charge in [0.05, 0.1) is 22.8 Å². The van der Waals surface area contributed by atoms with Gasteiger partial charge < -0.3 is 8.98 Å². The summed E-state index contributed by atoms with van der Waals surface area (Å²) in [5, 5.41) is 9.68. The SMILES string of the molecule is CCC(C)C(N=C(C1CCc2ccccc2-c2ccccc21)C(CC)C(C)c1cc(-n2c3cc4ccccc4cc3c3cc4ccccc4cc32)c2oc3ccccc3c2c1)c1ccc(-c2ccccc2)cc1. The van der Waals surface area contributed by atoms with Crippen molar-refractivity contribution < 1.29 is 4.42 Å². The summed E-state index contributed by atoms with van der Waals surface area (Å²) in [4.78, 5) is 6.27. The molecule has 0 fully saturated rings. The molecule has 13 rings (SSSR count). The lowest BCUT2D eigenvalue weighted by atomic mass is 9.74. The van der Waals surface area contributed by atoms with Crippen molar-refractivity contribution in [3.8, 4) is 27.9 Å². The van der Waals surface area contributed by atoms with Crippen LogP contribution in [0.4, 0.5) is 0 Å². The number of para-hydroxylation sites is 1. The number of aliphatic imine (C=N–C) groups is 1. The van der Waals surface area contributed by atoms with E-state index in [-0.39, 0.29) is 23.8 Å². The zero-order valence-electron chi connectivity index (χ0n) is 42.2. The zero-order chi connectivity index (χ0) is 49.2. The van der Waals surface area contributed by atoms with Gasteiger partial charge in [-0.3, -0.25) is 4.99 Å². The molecular weight excluding hydrogens is 885 g/mol. The maximum Gasteiger partial charge on any atom is 0.159 e. The third-order valence-electron chi connectivity index (χ3n) is 16.7. The molecule has 0 saturated carbocycles. The Morgan fingerprint density at radius 2 is 1.12 bits per heavy atom. The van der Waals surface area contributed by atoms with E-state index in [0.29, 0.717) is 5.92 Å². The first kappa shape index (κ1) is 44.9. The highest BCUT2D eigenvalue weighted by Crippen LogP contribution is 2.47. The Hall–Kier alpha value is -8.01. The van der Waals surface area contributed by atoms with Crippen LogP contribution in [-0.4, -0.2) is 10.3 Å². The summed E-state index contributed by atoms with van der Waals surface area (Å²) < 4.78 is 9.57. The van der Waals surface area contributed by atoms with Gasteiger partial charge in [-0.1, -0.05) is 204 Å². The van der Waals surface area contributed by atoms with Crippen LogP contribution in [-0.2, 0) is 6.42 Å². The molecule has 5 atom stereocenters. The van der Waals surface area contributed by atoms with Crippen molar-refractivity contribution in [2.75, 3.05) is 0 Å². The van der Waals surface area contributed by atoms with Crippen molar-refractivity contribution >= 4 is 71.0 Å². The predicted molar refractivity (Wildman–Crippen MR) is 310 cm³/mol. The number of aromatic nitrogens is 1. The van der Waals surface area contributed by atoms with E-state index in [2.05, 4.69) is 245 Å². The molecule has 0 radical (unpaired) electrons. The Morgan fingerprint density at radius 3 is 1.81 bits per heavy atom. The standard InChI is InChI=1S/C70H60N2O/c1-5-44(3)68(49-34-32-47(33-35-49)46-20-8-7-9-21-46)71-69(60-37-36-48-22-14-15-27-56(48)57-28-16-17-29-58(57)60)55(6-2)45(4)54-40-63-59-30-18-19-31-67(59)73-70(63)66(43-54)72-64-41-52-25-12-10-23-50(52)38-61(64)62-39-51-24-11-13-26-53(51)42-65(62)72/h7-35,38-45,55,60,68H,5-6,36-37H2,1-4H3. The fourth-order valence-corrected chi connectivity index (χ4v) is 12.6. The summed E-state index contributed by atoms with van der Waals surface area (Å²) in [5.74, 6) is 0.685. The zero-order valence-corrected chi connectivity index (χ0v) is 42.2. The van der Waals surface area contributed by atoms with E-state index in [1.54, 1.807) is 0 Å². The normalized spacial score (nSPS) is 15.7. The summed E-state index contributed by atoms with van der Waals surface area (Å²) >= 11 is 0. The highest BCUT2D eigenvalue weighted by Gasteiger charge is 2.35. The number of nitrogens with zero attached hydrogens (tertiary/aromatic N) is 2.